The molecule has 2 aromatic carbocycles. The fraction of sp³-hybridized carbons (Fsp3) is 0.560. The van der Waals surface area contributed by atoms with Crippen LogP contribution in [0.1, 0.15) is 72.0 Å². The minimum absolute atomic E-state index is 0.103. The summed E-state index contributed by atoms with van der Waals surface area (Å²) in [5, 5.41) is 5.86. The van der Waals surface area contributed by atoms with Gasteiger partial charge in [0.2, 0.25) is 11.8 Å². The highest BCUT2D eigenvalue weighted by Crippen LogP contribution is 2.45. The summed E-state index contributed by atoms with van der Waals surface area (Å²) >= 11 is 6.42. The molecule has 5 aliphatic heterocycles. The fourth-order valence-corrected chi connectivity index (χ4v) is 10.3. The molecular weight excluding hydrogens is 982 g/mol. The molecule has 396 valence electrons. The molecule has 0 radical (unpaired) electrons. The number of aromatic nitrogens is 3. The summed E-state index contributed by atoms with van der Waals surface area (Å²) in [6, 6.07) is 7.56. The molecule has 4 fully saturated rings. The number of hydrogen-bond donors (Lipinski definition) is 3. The molecule has 0 saturated carbocycles. The number of alkyl halides is 3. The van der Waals surface area contributed by atoms with E-state index in [9.17, 15) is 27.6 Å². The number of amides is 3. The van der Waals surface area contributed by atoms with Crippen LogP contribution in [-0.4, -0.2) is 160 Å². The molecule has 23 heteroatoms. The highest BCUT2D eigenvalue weighted by molar-refractivity contribution is 6.34. The van der Waals surface area contributed by atoms with Crippen LogP contribution in [0.2, 0.25) is 5.02 Å². The van der Waals surface area contributed by atoms with Crippen molar-refractivity contribution in [2.75, 3.05) is 110 Å². The van der Waals surface area contributed by atoms with Crippen molar-refractivity contribution in [1.29, 1.82) is 0 Å². The van der Waals surface area contributed by atoms with Crippen LogP contribution in [0.3, 0.4) is 0 Å². The van der Waals surface area contributed by atoms with Crippen LogP contribution in [0.4, 0.5) is 29.2 Å². The third-order valence-electron chi connectivity index (χ3n) is 13.4. The number of benzene rings is 2. The predicted octanol–water partition coefficient (Wildman–Crippen LogP) is 5.72. The molecule has 5 aliphatic rings. The van der Waals surface area contributed by atoms with Crippen LogP contribution in [0.25, 0.3) is 22.2 Å². The highest BCUT2D eigenvalue weighted by Gasteiger charge is 2.41. The summed E-state index contributed by atoms with van der Waals surface area (Å²) in [6.07, 6.45) is 1.50. The van der Waals surface area contributed by atoms with E-state index in [1.54, 1.807) is 12.1 Å². The van der Waals surface area contributed by atoms with Crippen LogP contribution < -0.4 is 30.7 Å². The van der Waals surface area contributed by atoms with Gasteiger partial charge in [0.15, 0.2) is 5.82 Å². The van der Waals surface area contributed by atoms with Crippen molar-refractivity contribution in [3.8, 4) is 23.0 Å². The molecule has 3 amide bonds. The number of nitrogen functional groups attached to an aromatic ring is 1. The summed E-state index contributed by atoms with van der Waals surface area (Å²) in [4.78, 5) is 55.0. The molecule has 4 saturated heterocycles. The number of rotatable bonds is 21. The number of likely N-dealkylation sites (tertiary alicyclic amines) is 1. The maximum atomic E-state index is 16.0. The predicted molar refractivity (Wildman–Crippen MR) is 262 cm³/mol. The van der Waals surface area contributed by atoms with E-state index in [1.165, 1.54) is 50.9 Å². The second-order valence-corrected chi connectivity index (χ2v) is 18.9. The van der Waals surface area contributed by atoms with Crippen molar-refractivity contribution >= 4 is 51.9 Å². The molecule has 18 nitrogen and oxygen atoms in total. The first-order valence-electron chi connectivity index (χ1n) is 24.7. The number of ether oxygens (including phenoxy) is 6. The van der Waals surface area contributed by atoms with E-state index < -0.39 is 40.8 Å². The van der Waals surface area contributed by atoms with Crippen molar-refractivity contribution in [1.82, 2.24) is 35.4 Å². The number of piperidine rings is 1. The average Bonchev–Trinajstić information content (AvgIpc) is 4.09. The number of piperazine rings is 1. The Balaban J connectivity index is 0.000000196. The zero-order valence-electron chi connectivity index (χ0n) is 41.0. The summed E-state index contributed by atoms with van der Waals surface area (Å²) in [6.45, 7) is 11.0. The summed E-state index contributed by atoms with van der Waals surface area (Å²) in [5.74, 6) is -1.17. The molecule has 73 heavy (non-hydrogen) atoms. The minimum atomic E-state index is -4.81. The second kappa shape index (κ2) is 24.7. The van der Waals surface area contributed by atoms with Gasteiger partial charge in [-0.15, -0.1) is 0 Å². The van der Waals surface area contributed by atoms with Gasteiger partial charge in [-0.25, -0.2) is 9.37 Å². The maximum absolute atomic E-state index is 16.0. The van der Waals surface area contributed by atoms with Crippen LogP contribution in [0, 0.1) is 12.7 Å². The molecule has 4 aromatic rings. The summed E-state index contributed by atoms with van der Waals surface area (Å²) < 4.78 is 91.0. The zero-order valence-corrected chi connectivity index (χ0v) is 41.8. The Morgan fingerprint density at radius 2 is 1.52 bits per heavy atom. The van der Waals surface area contributed by atoms with E-state index in [1.807, 2.05) is 11.0 Å². The number of nitrogens with one attached hydrogen (secondary N) is 2. The van der Waals surface area contributed by atoms with Crippen molar-refractivity contribution in [3.05, 3.63) is 63.4 Å². The van der Waals surface area contributed by atoms with E-state index >= 15 is 4.39 Å². The Hall–Kier alpha value is -5.49. The second-order valence-electron chi connectivity index (χ2n) is 18.5. The number of fused-ring (bicyclic) bond motifs is 4. The molecule has 2 bridgehead atoms. The molecule has 3 atom stereocenters. The quantitative estimate of drug-likeness (QED) is 0.0519. The number of hydrogen-bond acceptors (Lipinski definition) is 16. The van der Waals surface area contributed by atoms with Gasteiger partial charge in [0.1, 0.15) is 35.6 Å². The molecule has 4 N–H and O–H groups in total. The van der Waals surface area contributed by atoms with Crippen molar-refractivity contribution in [3.63, 3.8) is 0 Å². The van der Waals surface area contributed by atoms with Gasteiger partial charge in [-0.1, -0.05) is 17.7 Å². The lowest BCUT2D eigenvalue weighted by molar-refractivity contribution is -0.138. The molecule has 9 rings (SSSR count). The van der Waals surface area contributed by atoms with Crippen LogP contribution >= 0.6 is 11.6 Å². The highest BCUT2D eigenvalue weighted by atomic mass is 35.5. The Morgan fingerprint density at radius 1 is 0.863 bits per heavy atom. The number of halogens is 5. The number of pyridine rings is 1. The number of anilines is 2. The Kier molecular flexibility index (Phi) is 18.2. The maximum Gasteiger partial charge on any atom is 0.418 e. The Bertz CT molecular complexity index is 2600. The molecule has 3 unspecified atom stereocenters. The van der Waals surface area contributed by atoms with Gasteiger partial charge in [0.05, 0.1) is 81.7 Å². The Labute approximate surface area is 425 Å². The van der Waals surface area contributed by atoms with E-state index in [2.05, 4.69) is 30.5 Å². The fourth-order valence-electron chi connectivity index (χ4n) is 9.98. The van der Waals surface area contributed by atoms with Gasteiger partial charge >= 0.3 is 12.2 Å². The number of nitrogens with zero attached hydrogens (tertiary/aromatic N) is 6. The molecule has 0 aliphatic carbocycles. The van der Waals surface area contributed by atoms with E-state index in [-0.39, 0.29) is 70.2 Å². The monoisotopic (exact) mass is 1040 g/mol. The van der Waals surface area contributed by atoms with Gasteiger partial charge in [-0.05, 0) is 88.4 Å². The van der Waals surface area contributed by atoms with Crippen LogP contribution in [0.5, 0.6) is 11.8 Å². The lowest BCUT2D eigenvalue weighted by Gasteiger charge is -2.34. The number of aryl methyl sites for hydroxylation is 1. The van der Waals surface area contributed by atoms with Gasteiger partial charge in [-0.3, -0.25) is 19.7 Å². The lowest BCUT2D eigenvalue weighted by atomic mass is 9.99. The third-order valence-corrected chi connectivity index (χ3v) is 13.7. The van der Waals surface area contributed by atoms with Crippen molar-refractivity contribution < 1.29 is 60.4 Å². The van der Waals surface area contributed by atoms with E-state index in [4.69, 9.17) is 45.8 Å². The smallest absolute Gasteiger partial charge is 0.418 e. The van der Waals surface area contributed by atoms with E-state index in [0.29, 0.717) is 89.5 Å². The number of carbonyl (C=O) groups is 3. The molecule has 0 spiro atoms. The van der Waals surface area contributed by atoms with Crippen LogP contribution in [0.15, 0.2) is 30.3 Å². The number of methoxy groups -OCH3 is 1. The molecule has 2 aromatic heterocycles. The largest absolute Gasteiger partial charge is 0.491 e. The number of carbonyl (C=O) groups excluding carboxylic acids is 3. The van der Waals surface area contributed by atoms with Gasteiger partial charge < -0.3 is 54.2 Å². The number of imide groups is 1. The SMILES string of the molecule is COc1nc(N2CC3CCC(C2)N3)c2cc(Cl)c(-c3nc(N)cc(C)c3C(F)(F)F)c(F)c2n1.O=C1CCC(N2Cc3c(OCCOCCOCCOCCOCCCN4CCCC4)cccc3C2=O)C(=O)N1. The normalized spacial score (nSPS) is 19.9. The average molecular weight is 1040 g/mol. The standard InChI is InChI=1S/C28H41N3O8.C22H21ClF4N6O/c32-26-8-7-24(27(33)29-26)31-21-23-22(28(31)34)5-3-6-25(23)39-20-19-38-18-17-37-16-15-36-14-13-35-12-4-11-30-9-1-2-10-30;1-9-5-14(28)30-19(16(9)22(25,26)27)15-13(23)6-12-18(17(15)24)31-21(34-2)32-20(12)33-7-10-3-4-11(8-33)29-10/h3,5-6,24H,1-2,4,7-21H2,(H,29,32,33);5-6,10-11,29H,3-4,7-8H2,1-2H3,(H2,28,30). The lowest BCUT2D eigenvalue weighted by Crippen LogP contribution is -2.52. The van der Waals surface area contributed by atoms with Gasteiger partial charge in [0.25, 0.3) is 5.91 Å². The van der Waals surface area contributed by atoms with Crippen molar-refractivity contribution in [2.45, 2.75) is 82.7 Å². The topological polar surface area (TPSA) is 205 Å². The van der Waals surface area contributed by atoms with Crippen molar-refractivity contribution in [2.24, 2.45) is 0 Å². The number of nitrogens with two attached hydrogens (primary N) is 1. The molecular formula is C50H62ClF4N9O9. The first-order chi connectivity index (χ1) is 35.2. The van der Waals surface area contributed by atoms with Crippen LogP contribution in [-0.2, 0) is 41.3 Å². The van der Waals surface area contributed by atoms with Gasteiger partial charge in [0, 0.05) is 61.3 Å². The van der Waals surface area contributed by atoms with Gasteiger partial charge in [-0.2, -0.15) is 23.1 Å². The Morgan fingerprint density at radius 3 is 2.16 bits per heavy atom. The van der Waals surface area contributed by atoms with E-state index in [0.717, 1.165) is 44.0 Å². The summed E-state index contributed by atoms with van der Waals surface area (Å²) in [7, 11) is 1.34. The zero-order chi connectivity index (χ0) is 51.6. The third kappa shape index (κ3) is 13.3. The first-order valence-corrected chi connectivity index (χ1v) is 25.1. The summed E-state index contributed by atoms with van der Waals surface area (Å²) in [5.41, 5.74) is 4.28. The first kappa shape index (κ1) is 53.8. The molecule has 7 heterocycles. The minimum Gasteiger partial charge on any atom is -0.491 e.